The molecular weight excluding hydrogens is 295 g/mol. The van der Waals surface area contributed by atoms with E-state index >= 15 is 0 Å². The number of benzene rings is 2. The monoisotopic (exact) mass is 306 g/mol. The van der Waals surface area contributed by atoms with E-state index in [2.05, 4.69) is 0 Å². The highest BCUT2D eigenvalue weighted by molar-refractivity contribution is 6.64. The Balaban J connectivity index is 1.92. The number of hydrogen-bond acceptors (Lipinski definition) is 3. The number of halogens is 2. The van der Waals surface area contributed by atoms with Crippen molar-refractivity contribution >= 4 is 16.8 Å². The summed E-state index contributed by atoms with van der Waals surface area (Å²) >= 11 is 5.70. The zero-order chi connectivity index (χ0) is 14.8. The third kappa shape index (κ3) is 2.85. The zero-order valence-corrected chi connectivity index (χ0v) is 11.8. The second-order valence-electron chi connectivity index (χ2n) is 4.76. The van der Waals surface area contributed by atoms with E-state index in [0.29, 0.717) is 22.6 Å². The lowest BCUT2D eigenvalue weighted by atomic mass is 9.92. The van der Waals surface area contributed by atoms with Gasteiger partial charge in [-0.2, -0.15) is 0 Å². The molecule has 0 spiro atoms. The Morgan fingerprint density at radius 2 is 1.95 bits per heavy atom. The van der Waals surface area contributed by atoms with Gasteiger partial charge in [-0.3, -0.25) is 4.79 Å². The van der Waals surface area contributed by atoms with E-state index in [0.717, 1.165) is 0 Å². The van der Waals surface area contributed by atoms with Crippen LogP contribution in [0.2, 0.25) is 0 Å². The second kappa shape index (κ2) is 5.74. The van der Waals surface area contributed by atoms with E-state index in [-0.39, 0.29) is 19.0 Å². The molecule has 0 saturated heterocycles. The molecule has 0 saturated carbocycles. The van der Waals surface area contributed by atoms with Gasteiger partial charge in [-0.1, -0.05) is 24.3 Å². The summed E-state index contributed by atoms with van der Waals surface area (Å²) in [7, 11) is 0. The van der Waals surface area contributed by atoms with Crippen LogP contribution in [0.4, 0.5) is 4.39 Å². The van der Waals surface area contributed by atoms with Gasteiger partial charge in [-0.15, -0.1) is 0 Å². The first-order chi connectivity index (χ1) is 10.1. The first-order valence-electron chi connectivity index (χ1n) is 6.47. The van der Waals surface area contributed by atoms with Gasteiger partial charge in [0.1, 0.15) is 5.82 Å². The molecule has 0 N–H and O–H groups in total. The van der Waals surface area contributed by atoms with E-state index in [1.165, 1.54) is 6.07 Å². The van der Waals surface area contributed by atoms with E-state index in [4.69, 9.17) is 21.1 Å². The lowest BCUT2D eigenvalue weighted by Crippen LogP contribution is -2.11. The van der Waals surface area contributed by atoms with Gasteiger partial charge in [0, 0.05) is 0 Å². The van der Waals surface area contributed by atoms with Crippen molar-refractivity contribution in [1.82, 2.24) is 0 Å². The zero-order valence-electron chi connectivity index (χ0n) is 11.0. The molecule has 0 bridgehead atoms. The Morgan fingerprint density at radius 3 is 2.71 bits per heavy atom. The molecule has 0 aliphatic carbocycles. The van der Waals surface area contributed by atoms with E-state index in [1.807, 2.05) is 0 Å². The van der Waals surface area contributed by atoms with Gasteiger partial charge < -0.3 is 9.47 Å². The molecule has 0 radical (unpaired) electrons. The average molecular weight is 307 g/mol. The maximum absolute atomic E-state index is 13.7. The van der Waals surface area contributed by atoms with Gasteiger partial charge in [-0.05, 0) is 47.3 Å². The number of carbonyl (C=O) groups is 1. The van der Waals surface area contributed by atoms with Crippen LogP contribution in [-0.2, 0) is 11.2 Å². The van der Waals surface area contributed by atoms with Gasteiger partial charge in [0.05, 0.1) is 5.92 Å². The fourth-order valence-corrected chi connectivity index (χ4v) is 2.55. The highest BCUT2D eigenvalue weighted by Crippen LogP contribution is 2.36. The molecule has 5 heteroatoms. The molecule has 0 fully saturated rings. The van der Waals surface area contributed by atoms with Crippen molar-refractivity contribution in [2.24, 2.45) is 0 Å². The van der Waals surface area contributed by atoms with Crippen LogP contribution >= 0.6 is 11.6 Å². The highest BCUT2D eigenvalue weighted by atomic mass is 35.5. The Labute approximate surface area is 126 Å². The number of fused-ring (bicyclic) bond motifs is 1. The fourth-order valence-electron chi connectivity index (χ4n) is 2.34. The molecule has 0 amide bonds. The second-order valence-corrected chi connectivity index (χ2v) is 5.14. The normalized spacial score (nSPS) is 14.0. The third-order valence-electron chi connectivity index (χ3n) is 3.45. The molecule has 1 unspecified atom stereocenters. The topological polar surface area (TPSA) is 35.5 Å². The van der Waals surface area contributed by atoms with E-state index < -0.39 is 11.2 Å². The van der Waals surface area contributed by atoms with Gasteiger partial charge in [0.2, 0.25) is 12.0 Å². The molecule has 0 aromatic heterocycles. The van der Waals surface area contributed by atoms with Gasteiger partial charge >= 0.3 is 0 Å². The van der Waals surface area contributed by atoms with Crippen molar-refractivity contribution in [1.29, 1.82) is 0 Å². The molecule has 3 rings (SSSR count). The maximum Gasteiger partial charge on any atom is 0.231 e. The summed E-state index contributed by atoms with van der Waals surface area (Å²) in [6.45, 7) is 0.158. The molecular formula is C16H12ClFO3. The largest absolute Gasteiger partial charge is 0.454 e. The van der Waals surface area contributed by atoms with Crippen molar-refractivity contribution in [3.05, 3.63) is 59.4 Å². The van der Waals surface area contributed by atoms with Crippen LogP contribution in [0.15, 0.2) is 42.5 Å². The molecule has 108 valence electrons. The van der Waals surface area contributed by atoms with Crippen LogP contribution < -0.4 is 9.47 Å². The number of hydrogen-bond donors (Lipinski definition) is 0. The molecule has 1 aliphatic heterocycles. The lowest BCUT2D eigenvalue weighted by Gasteiger charge is -2.14. The molecule has 2 aromatic rings. The predicted octanol–water partition coefficient (Wildman–Crippen LogP) is 3.65. The van der Waals surface area contributed by atoms with Crippen molar-refractivity contribution in [2.75, 3.05) is 6.79 Å². The van der Waals surface area contributed by atoms with Crippen LogP contribution in [0, 0.1) is 5.82 Å². The van der Waals surface area contributed by atoms with Gasteiger partial charge in [0.15, 0.2) is 11.5 Å². The smallest absolute Gasteiger partial charge is 0.231 e. The maximum atomic E-state index is 13.7. The molecule has 2 aromatic carbocycles. The van der Waals surface area contributed by atoms with Crippen LogP contribution in [0.5, 0.6) is 11.5 Å². The third-order valence-corrected chi connectivity index (χ3v) is 3.72. The minimum absolute atomic E-state index is 0.158. The van der Waals surface area contributed by atoms with E-state index in [1.54, 1.807) is 36.4 Å². The minimum Gasteiger partial charge on any atom is -0.454 e. The van der Waals surface area contributed by atoms with E-state index in [9.17, 15) is 9.18 Å². The number of carbonyl (C=O) groups excluding carboxylic acids is 1. The Bertz CT molecular complexity index is 687. The summed E-state index contributed by atoms with van der Waals surface area (Å²) in [6.07, 6.45) is 0.203. The Kier molecular flexibility index (Phi) is 3.80. The summed E-state index contributed by atoms with van der Waals surface area (Å²) in [5, 5.41) is -0.530. The average Bonchev–Trinajstić information content (AvgIpc) is 2.93. The summed E-state index contributed by atoms with van der Waals surface area (Å²) in [5.41, 5.74) is 1.14. The van der Waals surface area contributed by atoms with Crippen LogP contribution in [0.3, 0.4) is 0 Å². The van der Waals surface area contributed by atoms with Gasteiger partial charge in [0.25, 0.3) is 0 Å². The summed E-state index contributed by atoms with van der Waals surface area (Å²) in [6, 6.07) is 11.5. The SMILES string of the molecule is O=C(Cl)C(Cc1ccccc1F)c1ccc2c(c1)OCO2. The van der Waals surface area contributed by atoms with Crippen LogP contribution in [0.1, 0.15) is 17.0 Å². The van der Waals surface area contributed by atoms with Crippen molar-refractivity contribution in [2.45, 2.75) is 12.3 Å². The van der Waals surface area contributed by atoms with Crippen molar-refractivity contribution in [3.63, 3.8) is 0 Å². The quantitative estimate of drug-likeness (QED) is 0.809. The Morgan fingerprint density at radius 1 is 1.19 bits per heavy atom. The summed E-state index contributed by atoms with van der Waals surface area (Å²) in [5.74, 6) is 0.230. The van der Waals surface area contributed by atoms with Crippen LogP contribution in [0.25, 0.3) is 0 Å². The number of ether oxygens (including phenoxy) is 2. The first kappa shape index (κ1) is 13.9. The van der Waals surface area contributed by atoms with Crippen molar-refractivity contribution < 1.29 is 18.7 Å². The lowest BCUT2D eigenvalue weighted by molar-refractivity contribution is -0.113. The van der Waals surface area contributed by atoms with Crippen LogP contribution in [-0.4, -0.2) is 12.0 Å². The van der Waals surface area contributed by atoms with Gasteiger partial charge in [-0.25, -0.2) is 4.39 Å². The molecule has 1 heterocycles. The highest BCUT2D eigenvalue weighted by Gasteiger charge is 2.23. The first-order valence-corrected chi connectivity index (χ1v) is 6.85. The standard InChI is InChI=1S/C16H12ClFO3/c17-16(19)12(7-11-3-1-2-4-13(11)18)10-5-6-14-15(8-10)21-9-20-14/h1-6,8,12H,7,9H2. The summed E-state index contributed by atoms with van der Waals surface area (Å²) in [4.78, 5) is 11.7. The van der Waals surface area contributed by atoms with Crippen molar-refractivity contribution in [3.8, 4) is 11.5 Å². The molecule has 1 atom stereocenters. The number of rotatable bonds is 4. The molecule has 21 heavy (non-hydrogen) atoms. The molecule has 1 aliphatic rings. The Hall–Kier alpha value is -2.07. The predicted molar refractivity (Wildman–Crippen MR) is 76.3 cm³/mol. The minimum atomic E-state index is -0.627. The fraction of sp³-hybridized carbons (Fsp3) is 0.188. The summed E-state index contributed by atoms with van der Waals surface area (Å²) < 4.78 is 24.3. The molecule has 3 nitrogen and oxygen atoms in total.